The van der Waals surface area contributed by atoms with Gasteiger partial charge in [-0.25, -0.2) is 0 Å². The second-order valence-electron chi connectivity index (χ2n) is 6.48. The molecule has 0 bridgehead atoms. The molecule has 3 heteroatoms. The van der Waals surface area contributed by atoms with Gasteiger partial charge in [0.15, 0.2) is 0 Å². The number of anilines is 1. The molecule has 2 nitrogen and oxygen atoms in total. The van der Waals surface area contributed by atoms with E-state index in [1.54, 1.807) is 0 Å². The highest BCUT2D eigenvalue weighted by Crippen LogP contribution is 2.38. The van der Waals surface area contributed by atoms with Gasteiger partial charge in [0.25, 0.3) is 0 Å². The molecule has 0 amide bonds. The molecule has 0 spiro atoms. The van der Waals surface area contributed by atoms with Gasteiger partial charge in [-0.1, -0.05) is 28.9 Å². The Morgan fingerprint density at radius 2 is 2.05 bits per heavy atom. The van der Waals surface area contributed by atoms with Crippen molar-refractivity contribution >= 4 is 21.6 Å². The summed E-state index contributed by atoms with van der Waals surface area (Å²) in [5, 5.41) is 0. The lowest BCUT2D eigenvalue weighted by atomic mass is 10.0. The Morgan fingerprint density at radius 1 is 1.30 bits per heavy atom. The zero-order valence-electron chi connectivity index (χ0n) is 12.3. The highest BCUT2D eigenvalue weighted by molar-refractivity contribution is 9.10. The zero-order chi connectivity index (χ0) is 14.1. The largest absolute Gasteiger partial charge is 0.368 e. The molecule has 0 saturated heterocycles. The van der Waals surface area contributed by atoms with Crippen molar-refractivity contribution in [1.29, 1.82) is 0 Å². The Kier molecular flexibility index (Phi) is 4.37. The van der Waals surface area contributed by atoms with Crippen LogP contribution in [0.15, 0.2) is 22.7 Å². The molecule has 0 aliphatic heterocycles. The van der Waals surface area contributed by atoms with Gasteiger partial charge in [0.05, 0.1) is 0 Å². The van der Waals surface area contributed by atoms with Crippen LogP contribution < -0.4 is 10.6 Å². The lowest BCUT2D eigenvalue weighted by molar-refractivity contribution is 0.645. The highest BCUT2D eigenvalue weighted by Gasteiger charge is 2.33. The van der Waals surface area contributed by atoms with E-state index >= 15 is 0 Å². The summed E-state index contributed by atoms with van der Waals surface area (Å²) in [6.07, 6.45) is 7.58. The highest BCUT2D eigenvalue weighted by atomic mass is 79.9. The molecular weight excluding hydrogens is 312 g/mol. The fraction of sp³-hybridized carbons (Fsp3) is 0.647. The van der Waals surface area contributed by atoms with Crippen LogP contribution >= 0.6 is 15.9 Å². The molecule has 2 aliphatic carbocycles. The third-order valence-electron chi connectivity index (χ3n) is 4.51. The molecule has 2 N–H and O–H groups in total. The van der Waals surface area contributed by atoms with Crippen LogP contribution in [-0.2, 0) is 6.42 Å². The fourth-order valence-electron chi connectivity index (χ4n) is 2.74. The molecule has 20 heavy (non-hydrogen) atoms. The van der Waals surface area contributed by atoms with Crippen LogP contribution in [0, 0.1) is 5.92 Å². The van der Waals surface area contributed by atoms with E-state index in [9.17, 15) is 0 Å². The summed E-state index contributed by atoms with van der Waals surface area (Å²) in [5.74, 6) is 0.947. The molecule has 1 aromatic carbocycles. The lowest BCUT2D eigenvalue weighted by Gasteiger charge is -2.25. The number of rotatable bonds is 7. The number of hydrogen-bond donors (Lipinski definition) is 1. The molecular formula is C17H25BrN2. The summed E-state index contributed by atoms with van der Waals surface area (Å²) in [7, 11) is 0. The molecule has 2 fully saturated rings. The number of hydrogen-bond acceptors (Lipinski definition) is 2. The third kappa shape index (κ3) is 3.56. The summed E-state index contributed by atoms with van der Waals surface area (Å²) in [6, 6.07) is 7.92. The van der Waals surface area contributed by atoms with Gasteiger partial charge in [-0.15, -0.1) is 0 Å². The van der Waals surface area contributed by atoms with E-state index < -0.39 is 0 Å². The normalized spacial score (nSPS) is 19.9. The van der Waals surface area contributed by atoms with Crippen LogP contribution in [0.1, 0.15) is 44.6 Å². The summed E-state index contributed by atoms with van der Waals surface area (Å²) in [5.41, 5.74) is 8.80. The van der Waals surface area contributed by atoms with Gasteiger partial charge in [0.1, 0.15) is 0 Å². The third-order valence-corrected chi connectivity index (χ3v) is 5.25. The average molecular weight is 337 g/mol. The van der Waals surface area contributed by atoms with E-state index in [1.165, 1.54) is 48.0 Å². The summed E-state index contributed by atoms with van der Waals surface area (Å²) in [4.78, 5) is 2.63. The second-order valence-corrected chi connectivity index (χ2v) is 7.33. The molecule has 2 saturated carbocycles. The SMILES string of the molecule is CCC(N)Cc1ccc(N(CC2CC2)C2CC2)cc1Br. The van der Waals surface area contributed by atoms with Crippen LogP contribution in [0.2, 0.25) is 0 Å². The first-order valence-corrected chi connectivity index (χ1v) is 8.77. The predicted molar refractivity (Wildman–Crippen MR) is 89.2 cm³/mol. The first-order valence-electron chi connectivity index (χ1n) is 7.98. The van der Waals surface area contributed by atoms with E-state index in [0.29, 0.717) is 0 Å². The Morgan fingerprint density at radius 3 is 2.60 bits per heavy atom. The first-order chi connectivity index (χ1) is 9.67. The quantitative estimate of drug-likeness (QED) is 0.811. The van der Waals surface area contributed by atoms with Crippen molar-refractivity contribution in [2.24, 2.45) is 11.7 Å². The van der Waals surface area contributed by atoms with Crippen molar-refractivity contribution in [1.82, 2.24) is 0 Å². The summed E-state index contributed by atoms with van der Waals surface area (Å²) in [6.45, 7) is 3.41. The van der Waals surface area contributed by atoms with E-state index in [4.69, 9.17) is 5.73 Å². The molecule has 1 unspecified atom stereocenters. The molecule has 2 aliphatic rings. The molecule has 3 rings (SSSR count). The standard InChI is InChI=1S/C17H25BrN2/c1-2-14(19)9-13-5-6-16(10-17(13)18)20(15-7-8-15)11-12-3-4-12/h5-6,10,12,14-15H,2-4,7-9,11,19H2,1H3. The molecule has 0 radical (unpaired) electrons. The molecule has 0 aromatic heterocycles. The summed E-state index contributed by atoms with van der Waals surface area (Å²) >= 11 is 3.74. The minimum absolute atomic E-state index is 0.267. The predicted octanol–water partition coefficient (Wildman–Crippen LogP) is 4.11. The molecule has 0 heterocycles. The number of nitrogens with zero attached hydrogens (tertiary/aromatic N) is 1. The molecule has 110 valence electrons. The Bertz CT molecular complexity index is 466. The van der Waals surface area contributed by atoms with Crippen molar-refractivity contribution in [3.8, 4) is 0 Å². The number of nitrogens with two attached hydrogens (primary N) is 1. The second kappa shape index (κ2) is 6.07. The average Bonchev–Trinajstić information content (AvgIpc) is 3.31. The van der Waals surface area contributed by atoms with Gasteiger partial charge < -0.3 is 10.6 Å². The van der Waals surface area contributed by atoms with Crippen molar-refractivity contribution in [3.63, 3.8) is 0 Å². The summed E-state index contributed by atoms with van der Waals surface area (Å²) < 4.78 is 1.22. The maximum Gasteiger partial charge on any atom is 0.0380 e. The lowest BCUT2D eigenvalue weighted by Crippen LogP contribution is -2.28. The van der Waals surface area contributed by atoms with Crippen LogP contribution in [0.4, 0.5) is 5.69 Å². The Balaban J connectivity index is 1.73. The monoisotopic (exact) mass is 336 g/mol. The van der Waals surface area contributed by atoms with Crippen molar-refractivity contribution in [2.75, 3.05) is 11.4 Å². The zero-order valence-corrected chi connectivity index (χ0v) is 13.9. The maximum atomic E-state index is 6.07. The van der Waals surface area contributed by atoms with Gasteiger partial charge in [-0.2, -0.15) is 0 Å². The van der Waals surface area contributed by atoms with Gasteiger partial charge in [-0.05, 0) is 62.1 Å². The smallest absolute Gasteiger partial charge is 0.0380 e. The Labute approximate surface area is 130 Å². The van der Waals surface area contributed by atoms with E-state index in [-0.39, 0.29) is 6.04 Å². The van der Waals surface area contributed by atoms with Gasteiger partial charge in [-0.3, -0.25) is 0 Å². The van der Waals surface area contributed by atoms with Crippen molar-refractivity contribution in [3.05, 3.63) is 28.2 Å². The van der Waals surface area contributed by atoms with Crippen LogP contribution in [0.5, 0.6) is 0 Å². The Hall–Kier alpha value is -0.540. The van der Waals surface area contributed by atoms with E-state index in [0.717, 1.165) is 24.8 Å². The van der Waals surface area contributed by atoms with Crippen LogP contribution in [-0.4, -0.2) is 18.6 Å². The number of halogens is 1. The van der Waals surface area contributed by atoms with Crippen molar-refractivity contribution < 1.29 is 0 Å². The maximum absolute atomic E-state index is 6.07. The van der Waals surface area contributed by atoms with Gasteiger partial charge in [0, 0.05) is 28.8 Å². The minimum atomic E-state index is 0.267. The molecule has 1 atom stereocenters. The first kappa shape index (κ1) is 14.4. The topological polar surface area (TPSA) is 29.3 Å². The van der Waals surface area contributed by atoms with Crippen molar-refractivity contribution in [2.45, 2.75) is 57.5 Å². The van der Waals surface area contributed by atoms with Crippen LogP contribution in [0.25, 0.3) is 0 Å². The number of benzene rings is 1. The van der Waals surface area contributed by atoms with E-state index in [2.05, 4.69) is 46.0 Å². The van der Waals surface area contributed by atoms with Gasteiger partial charge >= 0.3 is 0 Å². The molecule has 1 aromatic rings. The minimum Gasteiger partial charge on any atom is -0.368 e. The van der Waals surface area contributed by atoms with Gasteiger partial charge in [0.2, 0.25) is 0 Å². The van der Waals surface area contributed by atoms with E-state index in [1.807, 2.05) is 0 Å². The fourth-order valence-corrected chi connectivity index (χ4v) is 3.27. The van der Waals surface area contributed by atoms with Crippen LogP contribution in [0.3, 0.4) is 0 Å².